The fourth-order valence-corrected chi connectivity index (χ4v) is 5.10. The zero-order valence-electron chi connectivity index (χ0n) is 15.5. The molecule has 1 aromatic carbocycles. The first-order valence-electron chi connectivity index (χ1n) is 8.86. The maximum absolute atomic E-state index is 12.4. The van der Waals surface area contributed by atoms with Crippen molar-refractivity contribution in [1.29, 1.82) is 0 Å². The molecular weight excluding hydrogens is 384 g/mol. The highest BCUT2D eigenvalue weighted by Crippen LogP contribution is 2.19. The number of piperazine rings is 1. The third kappa shape index (κ3) is 4.85. The summed E-state index contributed by atoms with van der Waals surface area (Å²) in [5.41, 5.74) is 1.71. The van der Waals surface area contributed by atoms with Crippen molar-refractivity contribution >= 4 is 32.4 Å². The largest absolute Gasteiger partial charge is 0.345 e. The molecule has 9 heteroatoms. The number of aromatic nitrogens is 1. The molecule has 146 valence electrons. The number of nitrogens with one attached hydrogen (secondary N) is 1. The second kappa shape index (κ2) is 8.37. The molecule has 1 aromatic heterocycles. The lowest BCUT2D eigenvalue weighted by Gasteiger charge is -2.34. The number of amides is 1. The molecule has 0 aliphatic carbocycles. The molecule has 1 aliphatic heterocycles. The fourth-order valence-electron chi connectivity index (χ4n) is 3.15. The zero-order valence-corrected chi connectivity index (χ0v) is 17.1. The van der Waals surface area contributed by atoms with Crippen LogP contribution >= 0.6 is 11.3 Å². The molecule has 0 radical (unpaired) electrons. The van der Waals surface area contributed by atoms with Crippen LogP contribution in [0.3, 0.4) is 0 Å². The minimum atomic E-state index is -3.61. The summed E-state index contributed by atoms with van der Waals surface area (Å²) < 4.78 is 27.4. The highest BCUT2D eigenvalue weighted by Gasteiger charge is 2.23. The normalized spacial score (nSPS) is 15.2. The van der Waals surface area contributed by atoms with Gasteiger partial charge in [-0.1, -0.05) is 17.7 Å². The standard InChI is InChI=1S/C18H24N4O3S2/c1-14-3-4-16(15(2)13-14)27(24,25)20-6-5-17(23)21-8-10-22(11-9-21)18-19-7-12-26-18/h3-4,7,12-13,20H,5-6,8-11H2,1-2H3. The second-order valence-corrected chi connectivity index (χ2v) is 9.21. The van der Waals surface area contributed by atoms with Crippen LogP contribution in [0.15, 0.2) is 34.7 Å². The van der Waals surface area contributed by atoms with Gasteiger partial charge in [-0.15, -0.1) is 11.3 Å². The molecule has 0 atom stereocenters. The van der Waals surface area contributed by atoms with Crippen LogP contribution in [0.5, 0.6) is 0 Å². The molecule has 2 heterocycles. The van der Waals surface area contributed by atoms with E-state index in [4.69, 9.17) is 0 Å². The second-order valence-electron chi connectivity index (χ2n) is 6.60. The Morgan fingerprint density at radius 2 is 1.96 bits per heavy atom. The monoisotopic (exact) mass is 408 g/mol. The van der Waals surface area contributed by atoms with Gasteiger partial charge < -0.3 is 9.80 Å². The summed E-state index contributed by atoms with van der Waals surface area (Å²) in [7, 11) is -3.61. The van der Waals surface area contributed by atoms with Crippen LogP contribution < -0.4 is 9.62 Å². The molecule has 1 aliphatic rings. The quantitative estimate of drug-likeness (QED) is 0.788. The molecule has 7 nitrogen and oxygen atoms in total. The maximum atomic E-state index is 12.4. The first-order chi connectivity index (χ1) is 12.9. The van der Waals surface area contributed by atoms with Crippen LogP contribution in [0, 0.1) is 13.8 Å². The van der Waals surface area contributed by atoms with Crippen LogP contribution in [0.25, 0.3) is 0 Å². The lowest BCUT2D eigenvalue weighted by Crippen LogP contribution is -2.49. The first-order valence-corrected chi connectivity index (χ1v) is 11.2. The van der Waals surface area contributed by atoms with Gasteiger partial charge in [0.1, 0.15) is 0 Å². The topological polar surface area (TPSA) is 82.6 Å². The van der Waals surface area contributed by atoms with Crippen LogP contribution in [0.4, 0.5) is 5.13 Å². The van der Waals surface area contributed by atoms with E-state index in [0.717, 1.165) is 23.8 Å². The number of carbonyl (C=O) groups excluding carboxylic acids is 1. The van der Waals surface area contributed by atoms with E-state index in [1.54, 1.807) is 41.5 Å². The molecule has 1 saturated heterocycles. The van der Waals surface area contributed by atoms with Crippen molar-refractivity contribution in [3.63, 3.8) is 0 Å². The van der Waals surface area contributed by atoms with Crippen LogP contribution in [0.2, 0.25) is 0 Å². The summed E-state index contributed by atoms with van der Waals surface area (Å²) in [6.07, 6.45) is 1.93. The molecular formula is C18H24N4O3S2. The van der Waals surface area contributed by atoms with Crippen molar-refractivity contribution in [2.45, 2.75) is 25.2 Å². The molecule has 3 rings (SSSR count). The SMILES string of the molecule is Cc1ccc(S(=O)(=O)NCCC(=O)N2CCN(c3nccs3)CC2)c(C)c1. The van der Waals surface area contributed by atoms with E-state index >= 15 is 0 Å². The molecule has 0 saturated carbocycles. The first kappa shape index (κ1) is 19.8. The molecule has 1 fully saturated rings. The minimum absolute atomic E-state index is 0.0304. The highest BCUT2D eigenvalue weighted by atomic mass is 32.2. The fraction of sp³-hybridized carbons (Fsp3) is 0.444. The van der Waals surface area contributed by atoms with Crippen LogP contribution in [0.1, 0.15) is 17.5 Å². The van der Waals surface area contributed by atoms with Crippen molar-refractivity contribution in [2.24, 2.45) is 0 Å². The molecule has 1 amide bonds. The van der Waals surface area contributed by atoms with Crippen molar-refractivity contribution in [2.75, 3.05) is 37.6 Å². The Morgan fingerprint density at radius 3 is 2.59 bits per heavy atom. The van der Waals surface area contributed by atoms with Gasteiger partial charge in [-0.3, -0.25) is 4.79 Å². The number of anilines is 1. The average Bonchev–Trinajstić information content (AvgIpc) is 3.16. The number of nitrogens with zero attached hydrogens (tertiary/aromatic N) is 3. The summed E-state index contributed by atoms with van der Waals surface area (Å²) >= 11 is 1.59. The number of rotatable bonds is 6. The molecule has 0 unspecified atom stereocenters. The van der Waals surface area contributed by atoms with Crippen molar-refractivity contribution < 1.29 is 13.2 Å². The summed E-state index contributed by atoms with van der Waals surface area (Å²) in [6.45, 7) is 6.53. The van der Waals surface area contributed by atoms with Crippen molar-refractivity contribution in [3.8, 4) is 0 Å². The van der Waals surface area contributed by atoms with E-state index in [0.29, 0.717) is 18.7 Å². The maximum Gasteiger partial charge on any atom is 0.240 e. The smallest absolute Gasteiger partial charge is 0.240 e. The predicted molar refractivity (Wildman–Crippen MR) is 107 cm³/mol. The van der Waals surface area contributed by atoms with E-state index in [-0.39, 0.29) is 23.8 Å². The highest BCUT2D eigenvalue weighted by molar-refractivity contribution is 7.89. The number of hydrogen-bond acceptors (Lipinski definition) is 6. The Bertz CT molecular complexity index is 889. The van der Waals surface area contributed by atoms with Gasteiger partial charge in [-0.25, -0.2) is 18.1 Å². The van der Waals surface area contributed by atoms with E-state index in [1.165, 1.54) is 0 Å². The van der Waals surface area contributed by atoms with Gasteiger partial charge in [-0.05, 0) is 25.5 Å². The summed E-state index contributed by atoms with van der Waals surface area (Å²) in [5, 5.41) is 2.91. The van der Waals surface area contributed by atoms with E-state index < -0.39 is 10.0 Å². The van der Waals surface area contributed by atoms with Gasteiger partial charge in [0.05, 0.1) is 4.90 Å². The van der Waals surface area contributed by atoms with Gasteiger partial charge in [0.25, 0.3) is 0 Å². The Labute approximate surface area is 164 Å². The van der Waals surface area contributed by atoms with Gasteiger partial charge in [0, 0.05) is 50.7 Å². The van der Waals surface area contributed by atoms with Crippen molar-refractivity contribution in [3.05, 3.63) is 40.9 Å². The van der Waals surface area contributed by atoms with Crippen LogP contribution in [-0.4, -0.2) is 56.9 Å². The molecule has 0 bridgehead atoms. The number of thiazole rings is 1. The average molecular weight is 409 g/mol. The van der Waals surface area contributed by atoms with E-state index in [2.05, 4.69) is 14.6 Å². The third-order valence-corrected chi connectivity index (χ3v) is 7.03. The molecule has 2 aromatic rings. The Kier molecular flexibility index (Phi) is 6.13. The summed E-state index contributed by atoms with van der Waals surface area (Å²) in [6, 6.07) is 5.21. The zero-order chi connectivity index (χ0) is 19.4. The van der Waals surface area contributed by atoms with E-state index in [1.807, 2.05) is 18.4 Å². The summed E-state index contributed by atoms with van der Waals surface area (Å²) in [5.74, 6) is -0.0304. The Hall–Kier alpha value is -1.97. The number of sulfonamides is 1. The number of benzene rings is 1. The lowest BCUT2D eigenvalue weighted by atomic mass is 10.2. The van der Waals surface area contributed by atoms with Gasteiger partial charge in [-0.2, -0.15) is 0 Å². The van der Waals surface area contributed by atoms with Gasteiger partial charge in [0.2, 0.25) is 15.9 Å². The Balaban J connectivity index is 1.48. The number of hydrogen-bond donors (Lipinski definition) is 1. The van der Waals surface area contributed by atoms with Crippen LogP contribution in [-0.2, 0) is 14.8 Å². The molecule has 27 heavy (non-hydrogen) atoms. The number of carbonyl (C=O) groups is 1. The summed E-state index contributed by atoms with van der Waals surface area (Å²) in [4.78, 5) is 20.9. The van der Waals surface area contributed by atoms with E-state index in [9.17, 15) is 13.2 Å². The molecule has 0 spiro atoms. The Morgan fingerprint density at radius 1 is 1.22 bits per heavy atom. The molecule has 1 N–H and O–H groups in total. The predicted octanol–water partition coefficient (Wildman–Crippen LogP) is 1.78. The van der Waals surface area contributed by atoms with Crippen molar-refractivity contribution in [1.82, 2.24) is 14.6 Å². The van der Waals surface area contributed by atoms with Gasteiger partial charge in [0.15, 0.2) is 5.13 Å². The third-order valence-electron chi connectivity index (χ3n) is 4.57. The minimum Gasteiger partial charge on any atom is -0.345 e. The lowest BCUT2D eigenvalue weighted by molar-refractivity contribution is -0.131. The van der Waals surface area contributed by atoms with Gasteiger partial charge >= 0.3 is 0 Å². The number of aryl methyl sites for hydroxylation is 2.